The Labute approximate surface area is 220 Å². The number of hydrogen-bond donors (Lipinski definition) is 0. The summed E-state index contributed by atoms with van der Waals surface area (Å²) in [6.45, 7) is 0.419. The van der Waals surface area contributed by atoms with Crippen molar-refractivity contribution >= 4 is 11.9 Å². The van der Waals surface area contributed by atoms with Crippen molar-refractivity contribution in [3.05, 3.63) is 135 Å². The highest BCUT2D eigenvalue weighted by Crippen LogP contribution is 2.35. The zero-order chi connectivity index (χ0) is 26.6. The normalized spacial score (nSPS) is 14.8. The lowest BCUT2D eigenvalue weighted by Crippen LogP contribution is -2.50. The van der Waals surface area contributed by atoms with Gasteiger partial charge in [0, 0.05) is 25.7 Å². The van der Waals surface area contributed by atoms with Gasteiger partial charge in [-0.1, -0.05) is 91.0 Å². The summed E-state index contributed by atoms with van der Waals surface area (Å²) in [6.07, 6.45) is 1.42. The van der Waals surface area contributed by atoms with E-state index in [2.05, 4.69) is 0 Å². The standard InChI is InChI=1S/C31H28N2O5/c1-32-25(26(22-14-8-4-9-15-22)23-16-10-5-11-17-23)19-33-18-24(31(36)37-2)28(34)29(27(33)30(32)35)38-20-21-12-6-3-7-13-21/h3-18,25-26H,19-20H2,1-2H3/t25-/m0/s1. The SMILES string of the molecule is COC(=O)c1cn2c(c(OCc3ccccc3)c1=O)C(=O)N(C)[C@H](C(c1ccccc1)c1ccccc1)C2. The Kier molecular flexibility index (Phi) is 7.09. The van der Waals surface area contributed by atoms with Gasteiger partial charge in [0.15, 0.2) is 11.4 Å². The zero-order valence-corrected chi connectivity index (χ0v) is 21.2. The molecular formula is C31H28N2O5. The van der Waals surface area contributed by atoms with E-state index in [1.54, 1.807) is 16.5 Å². The summed E-state index contributed by atoms with van der Waals surface area (Å²) in [5, 5.41) is 0. The van der Waals surface area contributed by atoms with Crippen molar-refractivity contribution in [2.45, 2.75) is 25.1 Å². The minimum atomic E-state index is -0.777. The number of carbonyl (C=O) groups is 2. The van der Waals surface area contributed by atoms with Crippen molar-refractivity contribution in [2.24, 2.45) is 0 Å². The molecule has 1 atom stereocenters. The molecule has 1 aromatic heterocycles. The highest BCUT2D eigenvalue weighted by atomic mass is 16.5. The average Bonchev–Trinajstić information content (AvgIpc) is 2.96. The molecule has 7 heteroatoms. The number of likely N-dealkylation sites (N-methyl/N-ethyl adjacent to an activating group) is 1. The maximum Gasteiger partial charge on any atom is 0.343 e. The van der Waals surface area contributed by atoms with E-state index in [1.165, 1.54) is 13.3 Å². The Morgan fingerprint density at radius 2 is 1.45 bits per heavy atom. The largest absolute Gasteiger partial charge is 0.483 e. The number of nitrogens with zero attached hydrogens (tertiary/aromatic N) is 2. The number of ether oxygens (including phenoxy) is 2. The minimum Gasteiger partial charge on any atom is -0.483 e. The molecule has 38 heavy (non-hydrogen) atoms. The Hall–Kier alpha value is -4.65. The van der Waals surface area contributed by atoms with Crippen LogP contribution in [0.3, 0.4) is 0 Å². The highest BCUT2D eigenvalue weighted by molar-refractivity contribution is 5.98. The fourth-order valence-electron chi connectivity index (χ4n) is 5.05. The molecular weight excluding hydrogens is 480 g/mol. The summed E-state index contributed by atoms with van der Waals surface area (Å²) in [7, 11) is 2.97. The summed E-state index contributed by atoms with van der Waals surface area (Å²) in [6, 6.07) is 29.1. The lowest BCUT2D eigenvalue weighted by Gasteiger charge is -2.40. The van der Waals surface area contributed by atoms with Crippen LogP contribution >= 0.6 is 0 Å². The van der Waals surface area contributed by atoms with Gasteiger partial charge in [-0.05, 0) is 16.7 Å². The van der Waals surface area contributed by atoms with E-state index in [0.717, 1.165) is 16.7 Å². The van der Waals surface area contributed by atoms with Gasteiger partial charge >= 0.3 is 5.97 Å². The highest BCUT2D eigenvalue weighted by Gasteiger charge is 2.39. The van der Waals surface area contributed by atoms with E-state index >= 15 is 0 Å². The molecule has 192 valence electrons. The summed E-state index contributed by atoms with van der Waals surface area (Å²) < 4.78 is 12.5. The molecule has 0 saturated carbocycles. The number of pyridine rings is 1. The molecule has 0 spiro atoms. The molecule has 0 radical (unpaired) electrons. The van der Waals surface area contributed by atoms with E-state index in [-0.39, 0.29) is 41.5 Å². The Morgan fingerprint density at radius 3 is 2.00 bits per heavy atom. The number of benzene rings is 3. The third-order valence-electron chi connectivity index (χ3n) is 6.98. The molecule has 1 amide bonds. The van der Waals surface area contributed by atoms with Crippen LogP contribution in [0.15, 0.2) is 102 Å². The molecule has 0 bridgehead atoms. The van der Waals surface area contributed by atoms with Gasteiger partial charge < -0.3 is 18.9 Å². The lowest BCUT2D eigenvalue weighted by atomic mass is 9.83. The fourth-order valence-corrected chi connectivity index (χ4v) is 5.05. The van der Waals surface area contributed by atoms with Crippen LogP contribution in [-0.2, 0) is 17.9 Å². The molecule has 7 nitrogen and oxygen atoms in total. The van der Waals surface area contributed by atoms with Crippen molar-refractivity contribution in [1.29, 1.82) is 0 Å². The summed E-state index contributed by atoms with van der Waals surface area (Å²) >= 11 is 0. The summed E-state index contributed by atoms with van der Waals surface area (Å²) in [5.74, 6) is -1.42. The van der Waals surface area contributed by atoms with Crippen LogP contribution < -0.4 is 10.2 Å². The first kappa shape index (κ1) is 25.0. The van der Waals surface area contributed by atoms with Crippen LogP contribution in [0.4, 0.5) is 0 Å². The number of methoxy groups -OCH3 is 1. The topological polar surface area (TPSA) is 77.8 Å². The fraction of sp³-hybridized carbons (Fsp3) is 0.194. The first-order chi connectivity index (χ1) is 18.5. The Morgan fingerprint density at radius 1 is 0.895 bits per heavy atom. The number of aromatic nitrogens is 1. The van der Waals surface area contributed by atoms with Gasteiger partial charge in [-0.2, -0.15) is 0 Å². The lowest BCUT2D eigenvalue weighted by molar-refractivity contribution is 0.0580. The average molecular weight is 509 g/mol. The molecule has 0 unspecified atom stereocenters. The molecule has 0 saturated heterocycles. The van der Waals surface area contributed by atoms with Gasteiger partial charge in [0.2, 0.25) is 5.43 Å². The van der Waals surface area contributed by atoms with Crippen LogP contribution in [0.25, 0.3) is 0 Å². The predicted molar refractivity (Wildman–Crippen MR) is 143 cm³/mol. The van der Waals surface area contributed by atoms with E-state index in [9.17, 15) is 14.4 Å². The third kappa shape index (κ3) is 4.70. The number of fused-ring (bicyclic) bond motifs is 1. The van der Waals surface area contributed by atoms with Gasteiger partial charge in [-0.25, -0.2) is 4.79 Å². The van der Waals surface area contributed by atoms with E-state index in [0.29, 0.717) is 6.54 Å². The van der Waals surface area contributed by atoms with Gasteiger partial charge in [0.1, 0.15) is 12.2 Å². The monoisotopic (exact) mass is 508 g/mol. The molecule has 5 rings (SSSR count). The van der Waals surface area contributed by atoms with Crippen molar-refractivity contribution < 1.29 is 19.1 Å². The summed E-state index contributed by atoms with van der Waals surface area (Å²) in [4.78, 5) is 41.5. The van der Waals surface area contributed by atoms with Crippen molar-refractivity contribution in [3.63, 3.8) is 0 Å². The molecule has 1 aliphatic rings. The molecule has 0 aliphatic carbocycles. The van der Waals surface area contributed by atoms with Crippen molar-refractivity contribution in [1.82, 2.24) is 9.47 Å². The molecule has 4 aromatic rings. The smallest absolute Gasteiger partial charge is 0.343 e. The van der Waals surface area contributed by atoms with Gasteiger partial charge in [0.05, 0.1) is 13.2 Å². The zero-order valence-electron chi connectivity index (χ0n) is 21.2. The van der Waals surface area contributed by atoms with Crippen LogP contribution in [0.5, 0.6) is 5.75 Å². The minimum absolute atomic E-state index is 0.0742. The number of carbonyl (C=O) groups excluding carboxylic acids is 2. The molecule has 2 heterocycles. The van der Waals surface area contributed by atoms with Crippen LogP contribution in [0.2, 0.25) is 0 Å². The Bertz CT molecular complexity index is 1460. The second-order valence-electron chi connectivity index (χ2n) is 9.25. The number of amides is 1. The molecule has 0 fully saturated rings. The van der Waals surface area contributed by atoms with Gasteiger partial charge in [-0.15, -0.1) is 0 Å². The molecule has 1 aliphatic heterocycles. The maximum absolute atomic E-state index is 13.9. The van der Waals surface area contributed by atoms with Crippen LogP contribution in [0.1, 0.15) is 43.5 Å². The van der Waals surface area contributed by atoms with Crippen molar-refractivity contribution in [3.8, 4) is 5.75 Å². The second kappa shape index (κ2) is 10.8. The maximum atomic E-state index is 13.9. The first-order valence-corrected chi connectivity index (χ1v) is 12.4. The van der Waals surface area contributed by atoms with E-state index in [1.807, 2.05) is 91.0 Å². The van der Waals surface area contributed by atoms with E-state index in [4.69, 9.17) is 9.47 Å². The van der Waals surface area contributed by atoms with Crippen molar-refractivity contribution in [2.75, 3.05) is 14.2 Å². The second-order valence-corrected chi connectivity index (χ2v) is 9.25. The molecule has 3 aromatic carbocycles. The number of rotatable bonds is 7. The van der Waals surface area contributed by atoms with Crippen LogP contribution in [0, 0.1) is 0 Å². The predicted octanol–water partition coefficient (Wildman–Crippen LogP) is 4.50. The first-order valence-electron chi connectivity index (χ1n) is 12.4. The quantitative estimate of drug-likeness (QED) is 0.344. The molecule has 0 N–H and O–H groups in total. The van der Waals surface area contributed by atoms with Gasteiger partial charge in [0.25, 0.3) is 5.91 Å². The summed E-state index contributed by atoms with van der Waals surface area (Å²) in [5.41, 5.74) is 2.23. The van der Waals surface area contributed by atoms with Crippen LogP contribution in [-0.4, -0.2) is 41.5 Å². The Balaban J connectivity index is 1.62. The van der Waals surface area contributed by atoms with E-state index < -0.39 is 11.4 Å². The van der Waals surface area contributed by atoms with Gasteiger partial charge in [-0.3, -0.25) is 9.59 Å². The number of esters is 1. The third-order valence-corrected chi connectivity index (χ3v) is 6.98. The number of hydrogen-bond acceptors (Lipinski definition) is 5.